The van der Waals surface area contributed by atoms with Gasteiger partial charge in [-0.15, -0.1) is 11.8 Å². The number of hydrogen-bond donors (Lipinski definition) is 1. The molecule has 2 nitrogen and oxygen atoms in total. The molecule has 0 amide bonds. The van der Waals surface area contributed by atoms with Crippen LogP contribution in [-0.2, 0) is 6.42 Å². The number of hydrogen-bond acceptors (Lipinski definition) is 3. The van der Waals surface area contributed by atoms with E-state index in [4.69, 9.17) is 0 Å². The largest absolute Gasteiger partial charge is 0.392 e. The van der Waals surface area contributed by atoms with Gasteiger partial charge in [0, 0.05) is 27.5 Å². The fourth-order valence-electron chi connectivity index (χ4n) is 1.57. The minimum absolute atomic E-state index is 0.332. The Labute approximate surface area is 120 Å². The third-order valence-corrected chi connectivity index (χ3v) is 4.16. The van der Waals surface area contributed by atoms with Gasteiger partial charge in [0.1, 0.15) is 0 Å². The number of nitrogens with zero attached hydrogens (tertiary/aromatic N) is 1. The normalized spacial score (nSPS) is 12.3. The van der Waals surface area contributed by atoms with Crippen LogP contribution in [0.5, 0.6) is 0 Å². The molecule has 1 N–H and O–H groups in total. The highest BCUT2D eigenvalue weighted by atomic mass is 79.9. The second-order valence-electron chi connectivity index (χ2n) is 3.98. The highest BCUT2D eigenvalue weighted by Gasteiger charge is 2.06. The molecule has 0 aliphatic rings. The fourth-order valence-corrected chi connectivity index (χ4v) is 2.67. The molecule has 2 rings (SSSR count). The topological polar surface area (TPSA) is 33.1 Å². The Kier molecular flexibility index (Phi) is 5.23. The zero-order chi connectivity index (χ0) is 12.8. The maximum atomic E-state index is 9.97. The highest BCUT2D eigenvalue weighted by molar-refractivity contribution is 9.10. The smallest absolute Gasteiger partial charge is 0.0674 e. The number of thioether (sulfide) groups is 1. The Morgan fingerprint density at radius 1 is 1.11 bits per heavy atom. The lowest BCUT2D eigenvalue weighted by Crippen LogP contribution is -2.13. The van der Waals surface area contributed by atoms with Crippen LogP contribution in [0.1, 0.15) is 5.56 Å². The van der Waals surface area contributed by atoms with Gasteiger partial charge in [-0.3, -0.25) is 4.98 Å². The summed E-state index contributed by atoms with van der Waals surface area (Å²) in [5, 5.41) is 9.97. The van der Waals surface area contributed by atoms with E-state index in [1.165, 1.54) is 4.90 Å². The maximum Gasteiger partial charge on any atom is 0.0674 e. The van der Waals surface area contributed by atoms with E-state index < -0.39 is 0 Å². The lowest BCUT2D eigenvalue weighted by Gasteiger charge is -2.10. The summed E-state index contributed by atoms with van der Waals surface area (Å²) in [6, 6.07) is 12.0. The zero-order valence-electron chi connectivity index (χ0n) is 9.79. The number of pyridine rings is 1. The van der Waals surface area contributed by atoms with Crippen molar-refractivity contribution in [3.63, 3.8) is 0 Å². The first-order chi connectivity index (χ1) is 8.74. The van der Waals surface area contributed by atoms with E-state index in [0.29, 0.717) is 12.2 Å². The van der Waals surface area contributed by atoms with Gasteiger partial charge in [0.25, 0.3) is 0 Å². The van der Waals surface area contributed by atoms with Crippen molar-refractivity contribution in [1.29, 1.82) is 0 Å². The van der Waals surface area contributed by atoms with E-state index in [1.807, 2.05) is 36.4 Å². The van der Waals surface area contributed by atoms with E-state index in [-0.39, 0.29) is 6.10 Å². The summed E-state index contributed by atoms with van der Waals surface area (Å²) in [5.74, 6) is 0.698. The number of rotatable bonds is 5. The SMILES string of the molecule is OC(CSc1ccc(Br)cc1)Cc1ccncc1. The molecule has 0 fully saturated rings. The van der Waals surface area contributed by atoms with Crippen LogP contribution in [0.2, 0.25) is 0 Å². The summed E-state index contributed by atoms with van der Waals surface area (Å²) >= 11 is 5.08. The van der Waals surface area contributed by atoms with Gasteiger partial charge >= 0.3 is 0 Å². The molecule has 0 saturated heterocycles. The predicted molar refractivity (Wildman–Crippen MR) is 78.8 cm³/mol. The Hall–Kier alpha value is -0.840. The molecule has 0 aliphatic carbocycles. The molecule has 0 radical (unpaired) electrons. The van der Waals surface area contributed by atoms with E-state index in [1.54, 1.807) is 24.2 Å². The Balaban J connectivity index is 1.81. The maximum absolute atomic E-state index is 9.97. The van der Waals surface area contributed by atoms with Crippen LogP contribution in [0.25, 0.3) is 0 Å². The van der Waals surface area contributed by atoms with Gasteiger partial charge in [-0.05, 0) is 48.4 Å². The summed E-state index contributed by atoms with van der Waals surface area (Å²) in [5.41, 5.74) is 1.12. The van der Waals surface area contributed by atoms with E-state index in [9.17, 15) is 5.11 Å². The quantitative estimate of drug-likeness (QED) is 0.854. The van der Waals surface area contributed by atoms with Crippen molar-refractivity contribution in [3.05, 3.63) is 58.8 Å². The van der Waals surface area contributed by atoms with Gasteiger partial charge in [0.05, 0.1) is 6.10 Å². The molecule has 4 heteroatoms. The third kappa shape index (κ3) is 4.44. The van der Waals surface area contributed by atoms with Gasteiger partial charge < -0.3 is 5.11 Å². The van der Waals surface area contributed by atoms with Gasteiger partial charge in [0.15, 0.2) is 0 Å². The van der Waals surface area contributed by atoms with Gasteiger partial charge in [-0.2, -0.15) is 0 Å². The van der Waals surface area contributed by atoms with E-state index in [2.05, 4.69) is 20.9 Å². The van der Waals surface area contributed by atoms with Crippen LogP contribution < -0.4 is 0 Å². The minimum atomic E-state index is -0.332. The molecule has 1 aromatic carbocycles. The predicted octanol–water partition coefficient (Wildman–Crippen LogP) is 3.54. The molecule has 94 valence electrons. The Bertz CT molecular complexity index is 475. The molecule has 2 aromatic rings. The Morgan fingerprint density at radius 3 is 2.44 bits per heavy atom. The van der Waals surface area contributed by atoms with Crippen LogP contribution in [0.3, 0.4) is 0 Å². The highest BCUT2D eigenvalue weighted by Crippen LogP contribution is 2.21. The summed E-state index contributed by atoms with van der Waals surface area (Å²) < 4.78 is 1.07. The third-order valence-electron chi connectivity index (χ3n) is 2.48. The molecule has 0 saturated carbocycles. The van der Waals surface area contributed by atoms with Crippen molar-refractivity contribution >= 4 is 27.7 Å². The van der Waals surface area contributed by atoms with Crippen molar-refractivity contribution in [2.45, 2.75) is 17.4 Å². The van der Waals surface area contributed by atoms with Crippen molar-refractivity contribution < 1.29 is 5.11 Å². The summed E-state index contributed by atoms with van der Waals surface area (Å²) in [4.78, 5) is 5.14. The second-order valence-corrected chi connectivity index (χ2v) is 5.99. The fraction of sp³-hybridized carbons (Fsp3) is 0.214. The van der Waals surface area contributed by atoms with E-state index in [0.717, 1.165) is 10.0 Å². The minimum Gasteiger partial charge on any atom is -0.392 e. The van der Waals surface area contributed by atoms with Crippen molar-refractivity contribution in [2.24, 2.45) is 0 Å². The van der Waals surface area contributed by atoms with Gasteiger partial charge in [-0.1, -0.05) is 15.9 Å². The van der Waals surface area contributed by atoms with Crippen molar-refractivity contribution in [1.82, 2.24) is 4.98 Å². The molecule has 1 unspecified atom stereocenters. The first kappa shape index (κ1) is 13.6. The second kappa shape index (κ2) is 6.92. The van der Waals surface area contributed by atoms with Crippen LogP contribution >= 0.6 is 27.7 Å². The van der Waals surface area contributed by atoms with Crippen LogP contribution in [0, 0.1) is 0 Å². The molecule has 0 bridgehead atoms. The van der Waals surface area contributed by atoms with Crippen molar-refractivity contribution in [2.75, 3.05) is 5.75 Å². The average Bonchev–Trinajstić information content (AvgIpc) is 2.39. The molecule has 1 atom stereocenters. The molecule has 1 heterocycles. The summed E-state index contributed by atoms with van der Waals surface area (Å²) in [7, 11) is 0. The standard InChI is InChI=1S/C14H14BrNOS/c15-12-1-3-14(4-2-12)18-10-13(17)9-11-5-7-16-8-6-11/h1-8,13,17H,9-10H2. The molecular formula is C14H14BrNOS. The average molecular weight is 324 g/mol. The molecule has 18 heavy (non-hydrogen) atoms. The van der Waals surface area contributed by atoms with Gasteiger partial charge in [0.2, 0.25) is 0 Å². The summed E-state index contributed by atoms with van der Waals surface area (Å²) in [6.07, 6.45) is 3.85. The monoisotopic (exact) mass is 323 g/mol. The molecule has 0 aliphatic heterocycles. The van der Waals surface area contributed by atoms with Gasteiger partial charge in [-0.25, -0.2) is 0 Å². The molecule has 1 aromatic heterocycles. The number of benzene rings is 1. The lowest BCUT2D eigenvalue weighted by molar-refractivity contribution is 0.200. The lowest BCUT2D eigenvalue weighted by atomic mass is 10.1. The van der Waals surface area contributed by atoms with Crippen LogP contribution in [0.4, 0.5) is 0 Å². The molecule has 0 spiro atoms. The first-order valence-electron chi connectivity index (χ1n) is 5.69. The first-order valence-corrected chi connectivity index (χ1v) is 7.47. The zero-order valence-corrected chi connectivity index (χ0v) is 12.2. The number of aromatic nitrogens is 1. The number of halogens is 1. The summed E-state index contributed by atoms with van der Waals surface area (Å²) in [6.45, 7) is 0. The van der Waals surface area contributed by atoms with Crippen LogP contribution in [-0.4, -0.2) is 21.9 Å². The molecular weight excluding hydrogens is 310 g/mol. The van der Waals surface area contributed by atoms with E-state index >= 15 is 0 Å². The number of aliphatic hydroxyl groups excluding tert-OH is 1. The van der Waals surface area contributed by atoms with Crippen molar-refractivity contribution in [3.8, 4) is 0 Å². The number of aliphatic hydroxyl groups is 1. The Morgan fingerprint density at radius 2 is 1.78 bits per heavy atom. The van der Waals surface area contributed by atoms with Crippen LogP contribution in [0.15, 0.2) is 58.2 Å².